The number of aliphatic hydroxyl groups is 1. The summed E-state index contributed by atoms with van der Waals surface area (Å²) in [6, 6.07) is 10.8. The fourth-order valence-electron chi connectivity index (χ4n) is 4.21. The smallest absolute Gasteiger partial charge is 0.417 e. The number of aromatic amines is 1. The van der Waals surface area contributed by atoms with E-state index in [2.05, 4.69) is 4.98 Å². The Bertz CT molecular complexity index is 1390. The number of fused-ring (bicyclic) bond motifs is 1. The van der Waals surface area contributed by atoms with Crippen molar-refractivity contribution in [3.05, 3.63) is 64.4 Å². The number of nitrogens with one attached hydrogen (secondary N) is 1. The topological polar surface area (TPSA) is 132 Å². The molecule has 38 heavy (non-hydrogen) atoms. The number of alkyl halides is 3. The minimum Gasteiger partial charge on any atom is -0.465 e. The van der Waals surface area contributed by atoms with Crippen LogP contribution in [0.15, 0.2) is 53.3 Å². The predicted molar refractivity (Wildman–Crippen MR) is 130 cm³/mol. The number of aliphatic hydroxyl groups excluding tert-OH is 1. The van der Waals surface area contributed by atoms with E-state index in [1.807, 2.05) is 0 Å². The van der Waals surface area contributed by atoms with Crippen LogP contribution in [-0.4, -0.2) is 77.8 Å². The summed E-state index contributed by atoms with van der Waals surface area (Å²) < 4.78 is 50.8. The summed E-state index contributed by atoms with van der Waals surface area (Å²) in [4.78, 5) is 41.7. The van der Waals surface area contributed by atoms with Crippen molar-refractivity contribution in [1.29, 1.82) is 0 Å². The lowest BCUT2D eigenvalue weighted by Gasteiger charge is -2.21. The number of cyclic esters (lactones) is 1. The number of aromatic nitrogens is 1. The van der Waals surface area contributed by atoms with Crippen LogP contribution in [0.2, 0.25) is 0 Å². The van der Waals surface area contributed by atoms with Gasteiger partial charge >= 0.3 is 18.4 Å². The highest BCUT2D eigenvalue weighted by atomic mass is 19.4. The first-order valence-corrected chi connectivity index (χ1v) is 11.6. The third-order valence-corrected chi connectivity index (χ3v) is 5.97. The van der Waals surface area contributed by atoms with Gasteiger partial charge in [0.1, 0.15) is 6.10 Å². The second kappa shape index (κ2) is 11.1. The van der Waals surface area contributed by atoms with Gasteiger partial charge in [-0.25, -0.2) is 9.59 Å². The van der Waals surface area contributed by atoms with Gasteiger partial charge in [0.25, 0.3) is 5.56 Å². The van der Waals surface area contributed by atoms with Gasteiger partial charge in [-0.1, -0.05) is 24.3 Å². The normalized spacial score (nSPS) is 15.6. The first kappa shape index (κ1) is 26.9. The third-order valence-electron chi connectivity index (χ3n) is 5.97. The molecule has 0 spiro atoms. The average Bonchev–Trinajstić information content (AvgIpc) is 3.25. The second-order valence-corrected chi connectivity index (χ2v) is 8.51. The Morgan fingerprint density at radius 1 is 1.16 bits per heavy atom. The van der Waals surface area contributed by atoms with E-state index in [1.54, 1.807) is 0 Å². The Labute approximate surface area is 213 Å². The molecule has 1 aliphatic rings. The molecule has 1 saturated heterocycles. The van der Waals surface area contributed by atoms with E-state index < -0.39 is 35.6 Å². The molecule has 10 nitrogen and oxygen atoms in total. The Morgan fingerprint density at radius 3 is 2.63 bits per heavy atom. The molecule has 13 heteroatoms. The number of carboxylic acid groups (broad SMARTS) is 1. The number of amides is 2. The van der Waals surface area contributed by atoms with Crippen LogP contribution in [0.4, 0.5) is 28.4 Å². The van der Waals surface area contributed by atoms with Crippen LogP contribution < -0.4 is 10.5 Å². The van der Waals surface area contributed by atoms with Crippen LogP contribution in [0.25, 0.3) is 22.0 Å². The van der Waals surface area contributed by atoms with Gasteiger partial charge in [-0.2, -0.15) is 13.2 Å². The van der Waals surface area contributed by atoms with Crippen molar-refractivity contribution in [2.45, 2.75) is 12.3 Å². The fourth-order valence-corrected chi connectivity index (χ4v) is 4.21. The van der Waals surface area contributed by atoms with Crippen molar-refractivity contribution in [2.24, 2.45) is 0 Å². The van der Waals surface area contributed by atoms with Crippen molar-refractivity contribution >= 4 is 28.6 Å². The van der Waals surface area contributed by atoms with Crippen LogP contribution in [0.1, 0.15) is 5.56 Å². The molecule has 3 N–H and O–H groups in total. The van der Waals surface area contributed by atoms with Gasteiger partial charge < -0.3 is 29.6 Å². The highest BCUT2D eigenvalue weighted by molar-refractivity contribution is 5.95. The Kier molecular flexibility index (Phi) is 7.88. The molecule has 3 aromatic rings. The fraction of sp³-hybridized carbons (Fsp3) is 0.320. The molecule has 0 radical (unpaired) electrons. The second-order valence-electron chi connectivity index (χ2n) is 8.51. The van der Waals surface area contributed by atoms with Crippen molar-refractivity contribution in [3.63, 3.8) is 0 Å². The molecule has 1 aliphatic heterocycles. The summed E-state index contributed by atoms with van der Waals surface area (Å²) in [6.45, 7) is -0.165. The Morgan fingerprint density at radius 2 is 1.92 bits per heavy atom. The SMILES string of the molecule is O=C(O)N(CCOCCO)C[C@H]1CN(c2ccc3cc(-c4ccccc4C(F)(F)F)[nH]c(=O)c3c2)C(=O)O1. The lowest BCUT2D eigenvalue weighted by Crippen LogP contribution is -2.40. The maximum absolute atomic E-state index is 13.5. The number of H-pyrrole nitrogens is 1. The highest BCUT2D eigenvalue weighted by Crippen LogP contribution is 2.36. The van der Waals surface area contributed by atoms with Crippen molar-refractivity contribution in [3.8, 4) is 11.3 Å². The molecule has 0 saturated carbocycles. The zero-order valence-electron chi connectivity index (χ0n) is 19.9. The lowest BCUT2D eigenvalue weighted by atomic mass is 10.0. The van der Waals surface area contributed by atoms with E-state index in [0.29, 0.717) is 11.1 Å². The third kappa shape index (κ3) is 5.89. The standard InChI is InChI=1S/C25H24F3N3O7/c26-25(27,28)20-4-2-1-3-18(20)21-11-15-5-6-16(12-19(15)22(33)29-21)31-14-17(38-24(31)36)13-30(23(34)35)7-9-37-10-8-32/h1-6,11-12,17,32H,7-10,13-14H2,(H,29,33)(H,34,35)/t17-/m0/s1. The Balaban J connectivity index is 1.55. The molecule has 4 rings (SSSR count). The van der Waals surface area contributed by atoms with E-state index in [9.17, 15) is 32.7 Å². The zero-order chi connectivity index (χ0) is 27.4. The van der Waals surface area contributed by atoms with Crippen molar-refractivity contribution < 1.29 is 42.4 Å². The number of hydrogen-bond donors (Lipinski definition) is 3. The van der Waals surface area contributed by atoms with Crippen LogP contribution >= 0.6 is 0 Å². The molecule has 2 aromatic carbocycles. The molecule has 1 fully saturated rings. The van der Waals surface area contributed by atoms with E-state index in [1.165, 1.54) is 47.4 Å². The first-order valence-electron chi connectivity index (χ1n) is 11.6. The number of rotatable bonds is 9. The molecule has 202 valence electrons. The number of benzene rings is 2. The number of nitrogens with zero attached hydrogens (tertiary/aromatic N) is 2. The summed E-state index contributed by atoms with van der Waals surface area (Å²) in [5.74, 6) is 0. The molecule has 2 amide bonds. The molecule has 1 aromatic heterocycles. The number of carbonyl (C=O) groups excluding carboxylic acids is 1. The molecule has 1 atom stereocenters. The van der Waals surface area contributed by atoms with Gasteiger partial charge in [-0.3, -0.25) is 9.69 Å². The molecular weight excluding hydrogens is 511 g/mol. The Hall–Kier alpha value is -4.10. The van der Waals surface area contributed by atoms with Crippen LogP contribution in [-0.2, 0) is 15.7 Å². The van der Waals surface area contributed by atoms with E-state index in [-0.39, 0.29) is 56.1 Å². The number of pyridine rings is 1. The zero-order valence-corrected chi connectivity index (χ0v) is 19.9. The summed E-state index contributed by atoms with van der Waals surface area (Å²) in [6.07, 6.45) is -7.36. The molecule has 0 unspecified atom stereocenters. The number of hydrogen-bond acceptors (Lipinski definition) is 6. The summed E-state index contributed by atoms with van der Waals surface area (Å²) in [5, 5.41) is 18.7. The van der Waals surface area contributed by atoms with Gasteiger partial charge in [-0.15, -0.1) is 0 Å². The van der Waals surface area contributed by atoms with Gasteiger partial charge in [-0.05, 0) is 29.7 Å². The summed E-state index contributed by atoms with van der Waals surface area (Å²) >= 11 is 0. The largest absolute Gasteiger partial charge is 0.465 e. The van der Waals surface area contributed by atoms with Gasteiger partial charge in [0.2, 0.25) is 0 Å². The van der Waals surface area contributed by atoms with Gasteiger partial charge in [0, 0.05) is 28.9 Å². The molecule has 0 aliphatic carbocycles. The lowest BCUT2D eigenvalue weighted by molar-refractivity contribution is -0.137. The molecule has 0 bridgehead atoms. The minimum absolute atomic E-state index is 0.000511. The number of ether oxygens (including phenoxy) is 2. The maximum atomic E-state index is 13.5. The van der Waals surface area contributed by atoms with E-state index >= 15 is 0 Å². The summed E-state index contributed by atoms with van der Waals surface area (Å²) in [7, 11) is 0. The molecular formula is C25H24F3N3O7. The van der Waals surface area contributed by atoms with Crippen LogP contribution in [0.5, 0.6) is 0 Å². The molecule has 2 heterocycles. The maximum Gasteiger partial charge on any atom is 0.417 e. The van der Waals surface area contributed by atoms with Gasteiger partial charge in [0.15, 0.2) is 0 Å². The van der Waals surface area contributed by atoms with Crippen LogP contribution in [0, 0.1) is 0 Å². The quantitative estimate of drug-likeness (QED) is 0.357. The monoisotopic (exact) mass is 535 g/mol. The first-order chi connectivity index (χ1) is 18.1. The van der Waals surface area contributed by atoms with E-state index in [4.69, 9.17) is 14.6 Å². The van der Waals surface area contributed by atoms with Crippen molar-refractivity contribution in [2.75, 3.05) is 44.4 Å². The van der Waals surface area contributed by atoms with Gasteiger partial charge in [0.05, 0.1) is 38.5 Å². The average molecular weight is 535 g/mol. The predicted octanol–water partition coefficient (Wildman–Crippen LogP) is 3.53. The van der Waals surface area contributed by atoms with Crippen LogP contribution in [0.3, 0.4) is 0 Å². The van der Waals surface area contributed by atoms with E-state index in [0.717, 1.165) is 11.0 Å². The van der Waals surface area contributed by atoms with Crippen molar-refractivity contribution in [1.82, 2.24) is 9.88 Å². The highest BCUT2D eigenvalue weighted by Gasteiger charge is 2.35. The summed E-state index contributed by atoms with van der Waals surface area (Å²) in [5.41, 5.74) is -1.38. The number of halogens is 3. The number of carbonyl (C=O) groups is 2. The number of anilines is 1. The minimum atomic E-state index is -4.61.